The highest BCUT2D eigenvalue weighted by molar-refractivity contribution is 6.04. The molecule has 1 aliphatic heterocycles. The first-order chi connectivity index (χ1) is 11.6. The zero-order valence-electron chi connectivity index (χ0n) is 12.8. The molecule has 0 saturated carbocycles. The molecule has 0 bridgehead atoms. The van der Waals surface area contributed by atoms with Crippen LogP contribution in [0.25, 0.3) is 10.9 Å². The molecule has 2 heterocycles. The second-order valence-electron chi connectivity index (χ2n) is 5.17. The van der Waals surface area contributed by atoms with E-state index in [4.69, 9.17) is 4.74 Å². The molecule has 24 heavy (non-hydrogen) atoms. The van der Waals surface area contributed by atoms with Gasteiger partial charge < -0.3 is 15.4 Å². The van der Waals surface area contributed by atoms with Crippen molar-refractivity contribution >= 4 is 28.7 Å². The maximum absolute atomic E-state index is 11.8. The molecule has 0 radical (unpaired) electrons. The highest BCUT2D eigenvalue weighted by Crippen LogP contribution is 2.22. The summed E-state index contributed by atoms with van der Waals surface area (Å²) in [6.45, 7) is 0.150. The summed E-state index contributed by atoms with van der Waals surface area (Å²) in [5.41, 5.74) is 0.755. The van der Waals surface area contributed by atoms with Crippen molar-refractivity contribution in [2.24, 2.45) is 0 Å². The fourth-order valence-corrected chi connectivity index (χ4v) is 2.36. The summed E-state index contributed by atoms with van der Waals surface area (Å²) < 4.78 is 5.64. The average molecular weight is 328 g/mol. The largest absolute Gasteiger partial charge is 0.489 e. The number of pyridine rings is 1. The van der Waals surface area contributed by atoms with Gasteiger partial charge in [-0.1, -0.05) is 18.2 Å². The lowest BCUT2D eigenvalue weighted by atomic mass is 10.2. The Bertz CT molecular complexity index is 771. The van der Waals surface area contributed by atoms with Gasteiger partial charge in [-0.25, -0.2) is 4.79 Å². The molecule has 8 heteroatoms. The van der Waals surface area contributed by atoms with Crippen molar-refractivity contribution < 1.29 is 19.1 Å². The van der Waals surface area contributed by atoms with Crippen molar-refractivity contribution in [1.29, 1.82) is 0 Å². The van der Waals surface area contributed by atoms with Gasteiger partial charge in [-0.2, -0.15) is 0 Å². The van der Waals surface area contributed by atoms with Crippen LogP contribution in [0.4, 0.5) is 4.79 Å². The number of aromatic nitrogens is 1. The van der Waals surface area contributed by atoms with E-state index < -0.39 is 17.8 Å². The van der Waals surface area contributed by atoms with Gasteiger partial charge in [0.15, 0.2) is 0 Å². The van der Waals surface area contributed by atoms with E-state index in [9.17, 15) is 14.4 Å². The lowest BCUT2D eigenvalue weighted by Gasteiger charge is -2.13. The van der Waals surface area contributed by atoms with Crippen molar-refractivity contribution in [2.45, 2.75) is 0 Å². The summed E-state index contributed by atoms with van der Waals surface area (Å²) >= 11 is 0. The molecule has 8 nitrogen and oxygen atoms in total. The van der Waals surface area contributed by atoms with E-state index >= 15 is 0 Å². The van der Waals surface area contributed by atoms with Crippen LogP contribution in [0.2, 0.25) is 0 Å². The fourth-order valence-electron chi connectivity index (χ4n) is 2.36. The van der Waals surface area contributed by atoms with E-state index in [1.165, 1.54) is 0 Å². The molecule has 1 aliphatic rings. The maximum atomic E-state index is 11.8. The van der Waals surface area contributed by atoms with Crippen LogP contribution < -0.4 is 15.4 Å². The predicted octanol–water partition coefficient (Wildman–Crippen LogP) is 0.282. The highest BCUT2D eigenvalue weighted by atomic mass is 16.5. The number of benzene rings is 1. The molecule has 4 amide bonds. The monoisotopic (exact) mass is 328 g/mol. The molecular formula is C16H16N4O4. The molecule has 0 atom stereocenters. The van der Waals surface area contributed by atoms with E-state index in [1.807, 2.05) is 30.3 Å². The first-order valence-electron chi connectivity index (χ1n) is 7.46. The van der Waals surface area contributed by atoms with Crippen LogP contribution in [-0.4, -0.2) is 54.0 Å². The number of amides is 4. The van der Waals surface area contributed by atoms with Gasteiger partial charge in [0.05, 0.1) is 13.1 Å². The number of rotatable bonds is 6. The Hall–Kier alpha value is -3.16. The first kappa shape index (κ1) is 15.7. The Balaban J connectivity index is 1.47. The number of ether oxygens (including phenoxy) is 1. The number of carbonyl (C=O) groups is 3. The summed E-state index contributed by atoms with van der Waals surface area (Å²) in [7, 11) is 0. The van der Waals surface area contributed by atoms with Gasteiger partial charge in [0, 0.05) is 11.6 Å². The number of carbonyl (C=O) groups excluding carboxylic acids is 3. The highest BCUT2D eigenvalue weighted by Gasteiger charge is 2.29. The Morgan fingerprint density at radius 1 is 1.29 bits per heavy atom. The van der Waals surface area contributed by atoms with Gasteiger partial charge >= 0.3 is 6.03 Å². The SMILES string of the molecule is O=C(CN1C(=O)CNC1=O)NCCOc1cccc2cccnc12. The zero-order valence-corrected chi connectivity index (χ0v) is 12.8. The minimum absolute atomic E-state index is 0.0662. The number of nitrogens with zero attached hydrogens (tertiary/aromatic N) is 2. The number of hydrogen-bond donors (Lipinski definition) is 2. The minimum Gasteiger partial charge on any atom is -0.489 e. The molecule has 0 aliphatic carbocycles. The smallest absolute Gasteiger partial charge is 0.325 e. The van der Waals surface area contributed by atoms with Crippen LogP contribution in [0.15, 0.2) is 36.5 Å². The fraction of sp³-hybridized carbons (Fsp3) is 0.250. The molecular weight excluding hydrogens is 312 g/mol. The Kier molecular flexibility index (Phi) is 4.55. The van der Waals surface area contributed by atoms with Crippen molar-refractivity contribution in [3.8, 4) is 5.75 Å². The third-order valence-corrected chi connectivity index (χ3v) is 3.52. The average Bonchev–Trinajstić information content (AvgIpc) is 2.91. The lowest BCUT2D eigenvalue weighted by molar-refractivity contribution is -0.130. The quantitative estimate of drug-likeness (QED) is 0.586. The predicted molar refractivity (Wildman–Crippen MR) is 85.4 cm³/mol. The van der Waals surface area contributed by atoms with E-state index in [0.29, 0.717) is 5.75 Å². The molecule has 0 spiro atoms. The van der Waals surface area contributed by atoms with Gasteiger partial charge in [-0.3, -0.25) is 19.5 Å². The Labute approximate surface area is 137 Å². The number of nitrogens with one attached hydrogen (secondary N) is 2. The normalized spacial score (nSPS) is 13.9. The van der Waals surface area contributed by atoms with E-state index in [-0.39, 0.29) is 26.2 Å². The molecule has 2 aromatic rings. The maximum Gasteiger partial charge on any atom is 0.325 e. The van der Waals surface area contributed by atoms with Crippen LogP contribution in [0.3, 0.4) is 0 Å². The molecule has 3 rings (SSSR count). The van der Waals surface area contributed by atoms with Gasteiger partial charge in [0.1, 0.15) is 24.4 Å². The number of fused-ring (bicyclic) bond motifs is 1. The lowest BCUT2D eigenvalue weighted by Crippen LogP contribution is -2.41. The minimum atomic E-state index is -0.548. The van der Waals surface area contributed by atoms with Gasteiger partial charge in [-0.15, -0.1) is 0 Å². The summed E-state index contributed by atoms with van der Waals surface area (Å²) in [6, 6.07) is 8.86. The Morgan fingerprint density at radius 3 is 2.92 bits per heavy atom. The van der Waals surface area contributed by atoms with Crippen molar-refractivity contribution in [2.75, 3.05) is 26.2 Å². The number of hydrogen-bond acceptors (Lipinski definition) is 5. The second kappa shape index (κ2) is 6.95. The van der Waals surface area contributed by atoms with Crippen LogP contribution in [-0.2, 0) is 9.59 Å². The zero-order chi connectivity index (χ0) is 16.9. The summed E-state index contributed by atoms with van der Waals surface area (Å²) in [5.74, 6) is -0.190. The molecule has 1 saturated heterocycles. The summed E-state index contributed by atoms with van der Waals surface area (Å²) in [4.78, 5) is 39.7. The summed E-state index contributed by atoms with van der Waals surface area (Å²) in [5, 5.41) is 5.94. The van der Waals surface area contributed by atoms with Crippen LogP contribution in [0.5, 0.6) is 5.75 Å². The summed E-state index contributed by atoms with van der Waals surface area (Å²) in [6.07, 6.45) is 1.69. The van der Waals surface area contributed by atoms with Gasteiger partial charge in [-0.05, 0) is 12.1 Å². The van der Waals surface area contributed by atoms with Crippen LogP contribution in [0.1, 0.15) is 0 Å². The molecule has 1 aromatic heterocycles. The van der Waals surface area contributed by atoms with E-state index in [1.54, 1.807) is 6.20 Å². The standard InChI is InChI=1S/C16H16N4O4/c21-13(10-20-14(22)9-19-16(20)23)17-7-8-24-12-5-1-3-11-4-2-6-18-15(11)12/h1-6H,7-10H2,(H,17,21)(H,19,23). The third-order valence-electron chi connectivity index (χ3n) is 3.52. The van der Waals surface area contributed by atoms with Crippen LogP contribution >= 0.6 is 0 Å². The Morgan fingerprint density at radius 2 is 2.12 bits per heavy atom. The van der Waals surface area contributed by atoms with Gasteiger partial charge in [0.25, 0.3) is 5.91 Å². The topological polar surface area (TPSA) is 101 Å². The molecule has 0 unspecified atom stereocenters. The number of imide groups is 1. The molecule has 2 N–H and O–H groups in total. The molecule has 1 aromatic carbocycles. The van der Waals surface area contributed by atoms with Crippen molar-refractivity contribution in [1.82, 2.24) is 20.5 Å². The first-order valence-corrected chi connectivity index (χ1v) is 7.46. The van der Waals surface area contributed by atoms with Crippen molar-refractivity contribution in [3.05, 3.63) is 36.5 Å². The van der Waals surface area contributed by atoms with Crippen molar-refractivity contribution in [3.63, 3.8) is 0 Å². The van der Waals surface area contributed by atoms with E-state index in [0.717, 1.165) is 15.8 Å². The van der Waals surface area contributed by atoms with E-state index in [2.05, 4.69) is 15.6 Å². The molecule has 1 fully saturated rings. The second-order valence-corrected chi connectivity index (χ2v) is 5.17. The number of urea groups is 1. The van der Waals surface area contributed by atoms with Crippen LogP contribution in [0, 0.1) is 0 Å². The van der Waals surface area contributed by atoms with Gasteiger partial charge in [0.2, 0.25) is 5.91 Å². The molecule has 124 valence electrons. The third kappa shape index (κ3) is 3.43. The number of para-hydroxylation sites is 1.